The Hall–Kier alpha value is -7.64. The number of halogens is 4. The van der Waals surface area contributed by atoms with Crippen LogP contribution in [0.2, 0.25) is 15.1 Å². The number of carbonyl (C=O) groups is 3. The van der Waals surface area contributed by atoms with Gasteiger partial charge in [0, 0.05) is 39.9 Å². The Balaban J connectivity index is 0.000000187. The van der Waals surface area contributed by atoms with Crippen molar-refractivity contribution in [3.8, 4) is 17.1 Å². The van der Waals surface area contributed by atoms with E-state index in [1.807, 2.05) is 76.2 Å². The lowest BCUT2D eigenvalue weighted by Crippen LogP contribution is -2.29. The zero-order valence-electron chi connectivity index (χ0n) is 48.5. The molecule has 20 nitrogen and oxygen atoms in total. The first-order valence-electron chi connectivity index (χ1n) is 27.5. The molecule has 6 heterocycles. The Kier molecular flexibility index (Phi) is 23.3. The van der Waals surface area contributed by atoms with E-state index in [0.717, 1.165) is 64.9 Å². The molecule has 0 spiro atoms. The Labute approximate surface area is 528 Å². The van der Waals surface area contributed by atoms with Crippen molar-refractivity contribution in [1.29, 1.82) is 0 Å². The lowest BCUT2D eigenvalue weighted by molar-refractivity contribution is 0.0925. The molecular formula is C61H64BrCl3N12O8S2. The highest BCUT2D eigenvalue weighted by Gasteiger charge is 2.24. The molecular weight excluding hydrogens is 1280 g/mol. The minimum atomic E-state index is -4.37. The number of sulfone groups is 1. The smallest absolute Gasteiger partial charge is 0.312 e. The van der Waals surface area contributed by atoms with E-state index in [2.05, 4.69) is 69.1 Å². The van der Waals surface area contributed by atoms with Gasteiger partial charge in [-0.05, 0) is 170 Å². The van der Waals surface area contributed by atoms with Gasteiger partial charge in [0.25, 0.3) is 17.7 Å². The van der Waals surface area contributed by atoms with Crippen LogP contribution in [0.25, 0.3) is 17.1 Å². The van der Waals surface area contributed by atoms with Crippen LogP contribution in [0, 0.1) is 20.8 Å². The molecule has 0 aliphatic carbocycles. The molecule has 6 aromatic heterocycles. The Bertz CT molecular complexity index is 4060. The lowest BCUT2D eigenvalue weighted by Gasteiger charge is -2.19. The van der Waals surface area contributed by atoms with Crippen LogP contribution < -0.4 is 16.0 Å². The van der Waals surface area contributed by atoms with Gasteiger partial charge in [0.1, 0.15) is 4.60 Å². The molecule has 3 aromatic carbocycles. The summed E-state index contributed by atoms with van der Waals surface area (Å²) in [6.45, 7) is 11.6. The maximum absolute atomic E-state index is 13.0. The van der Waals surface area contributed by atoms with Gasteiger partial charge in [-0.1, -0.05) is 87.0 Å². The van der Waals surface area contributed by atoms with E-state index in [1.165, 1.54) is 43.0 Å². The summed E-state index contributed by atoms with van der Waals surface area (Å²) in [5.74, 6) is -0.719. The van der Waals surface area contributed by atoms with Gasteiger partial charge in [-0.2, -0.15) is 23.7 Å². The minimum Gasteiger partial charge on any atom is -0.345 e. The van der Waals surface area contributed by atoms with Gasteiger partial charge in [-0.25, -0.2) is 37.4 Å². The summed E-state index contributed by atoms with van der Waals surface area (Å²) in [4.78, 5) is 50.7. The van der Waals surface area contributed by atoms with E-state index in [0.29, 0.717) is 67.1 Å². The van der Waals surface area contributed by atoms with Gasteiger partial charge < -0.3 is 16.0 Å². The van der Waals surface area contributed by atoms with E-state index < -0.39 is 25.0 Å². The quantitative estimate of drug-likeness (QED) is 0.0408. The average Bonchev–Trinajstić information content (AvgIpc) is 2.54. The third-order valence-corrected chi connectivity index (χ3v) is 16.7. The Morgan fingerprint density at radius 2 is 0.851 bits per heavy atom. The third-order valence-electron chi connectivity index (χ3n) is 13.7. The van der Waals surface area contributed by atoms with E-state index in [9.17, 15) is 31.2 Å². The van der Waals surface area contributed by atoms with Crippen molar-refractivity contribution in [2.45, 2.75) is 108 Å². The van der Waals surface area contributed by atoms with E-state index in [4.69, 9.17) is 39.4 Å². The number of hydrogen-bond donors (Lipinski definition) is 4. The Morgan fingerprint density at radius 3 is 1.16 bits per heavy atom. The molecule has 0 aliphatic heterocycles. The zero-order valence-corrected chi connectivity index (χ0v) is 54.0. The van der Waals surface area contributed by atoms with Crippen molar-refractivity contribution < 1.29 is 35.8 Å². The number of nitrogens with zero attached hydrogens (tertiary/aromatic N) is 9. The molecule has 4 N–H and O–H groups in total. The standard InChI is InChI=1S/C21H23ClN4O3S.C20H20BrClN4O.C20H21ClN4O4S/c1-4-5-19(15-10-11-23-20(12-15)30(3,28)29)25-21(27)18-13-24-26(14(18)2)17-8-6-16(22)7-9-17;1-3-4-18(14-5-10-19(21)23-11-14)25-20(27)17-12-24-26(13(17)2)16-8-6-15(22)7-9-16;1-3-4-18(14-5-10-19(22-11-14)30(27,28)29)24-20(26)17-12-23-25(13(17)2)16-8-6-15(21)7-9-16/h6-13,19H,4-5H2,1-3H3,(H,25,27);5-12,18H,3-4H2,1-2H3,(H,25,27);5-12,18H,3-4H2,1-2H3,(H,24,26)(H,27,28,29). The summed E-state index contributed by atoms with van der Waals surface area (Å²) in [6, 6.07) is 30.7. The van der Waals surface area contributed by atoms with Crippen molar-refractivity contribution in [2.75, 3.05) is 6.26 Å². The molecule has 0 fully saturated rings. The predicted molar refractivity (Wildman–Crippen MR) is 339 cm³/mol. The van der Waals surface area contributed by atoms with E-state index in [-0.39, 0.29) is 40.9 Å². The van der Waals surface area contributed by atoms with Gasteiger partial charge in [-0.15, -0.1) is 0 Å². The van der Waals surface area contributed by atoms with E-state index >= 15 is 0 Å². The summed E-state index contributed by atoms with van der Waals surface area (Å²) < 4.78 is 61.0. The molecule has 87 heavy (non-hydrogen) atoms. The topological polar surface area (TPSA) is 268 Å². The molecule has 0 saturated carbocycles. The largest absolute Gasteiger partial charge is 0.345 e. The molecule has 0 saturated heterocycles. The summed E-state index contributed by atoms with van der Waals surface area (Å²) in [6.07, 6.45) is 15.0. The molecule has 0 aliphatic rings. The van der Waals surface area contributed by atoms with Crippen LogP contribution in [-0.4, -0.2) is 89.7 Å². The first kappa shape index (κ1) is 66.9. The van der Waals surface area contributed by atoms with Crippen molar-refractivity contribution in [2.24, 2.45) is 0 Å². The zero-order chi connectivity index (χ0) is 63.2. The number of amides is 3. The highest BCUT2D eigenvalue weighted by molar-refractivity contribution is 9.10. The SMILES string of the molecule is CCCC(NC(=O)c1cnn(-c2ccc(Cl)cc2)c1C)c1ccc(Br)nc1.CCCC(NC(=O)c1cnn(-c2ccc(Cl)cc2)c1C)c1ccc(S(=O)(=O)O)nc1.CCCC(NC(=O)c1cnn(-c2ccc(Cl)cc2)c1C)c1ccnc(S(C)(=O)=O)c1. The first-order valence-corrected chi connectivity index (χ1v) is 32.7. The summed E-state index contributed by atoms with van der Waals surface area (Å²) in [5, 5.41) is 23.5. The van der Waals surface area contributed by atoms with Crippen LogP contribution in [0.5, 0.6) is 0 Å². The van der Waals surface area contributed by atoms with Gasteiger partial charge in [0.2, 0.25) is 0 Å². The monoisotopic (exact) mass is 1340 g/mol. The lowest BCUT2D eigenvalue weighted by atomic mass is 10.0. The fraction of sp³-hybridized carbons (Fsp3) is 0.262. The van der Waals surface area contributed by atoms with Gasteiger partial charge in [-0.3, -0.25) is 18.9 Å². The van der Waals surface area contributed by atoms with Gasteiger partial charge in [0.05, 0.1) is 87.6 Å². The van der Waals surface area contributed by atoms with Gasteiger partial charge >= 0.3 is 10.1 Å². The van der Waals surface area contributed by atoms with Crippen LogP contribution in [0.1, 0.15) is 142 Å². The van der Waals surface area contributed by atoms with Gasteiger partial charge in [0.15, 0.2) is 19.9 Å². The highest BCUT2D eigenvalue weighted by atomic mass is 79.9. The molecule has 9 aromatic rings. The minimum absolute atomic E-state index is 0.0120. The first-order chi connectivity index (χ1) is 41.4. The van der Waals surface area contributed by atoms with Crippen molar-refractivity contribution >= 4 is 88.4 Å². The van der Waals surface area contributed by atoms with Crippen LogP contribution >= 0.6 is 50.7 Å². The number of aromatic nitrogens is 9. The maximum Gasteiger partial charge on any atom is 0.312 e. The number of benzene rings is 3. The van der Waals surface area contributed by atoms with Crippen LogP contribution in [-0.2, 0) is 20.0 Å². The van der Waals surface area contributed by atoms with Crippen LogP contribution in [0.3, 0.4) is 0 Å². The number of pyridine rings is 3. The second-order valence-corrected chi connectivity index (χ2v) is 25.5. The second-order valence-electron chi connectivity index (χ2n) is 20.1. The average molecular weight is 1340 g/mol. The summed E-state index contributed by atoms with van der Waals surface area (Å²) in [7, 11) is -7.81. The van der Waals surface area contributed by atoms with Crippen LogP contribution in [0.15, 0.2) is 161 Å². The number of nitrogens with one attached hydrogen (secondary N) is 3. The number of carbonyl (C=O) groups excluding carboxylic acids is 3. The molecule has 3 amide bonds. The fourth-order valence-corrected chi connectivity index (χ4v) is 10.8. The number of hydrogen-bond acceptors (Lipinski definition) is 13. The molecule has 3 unspecified atom stereocenters. The van der Waals surface area contributed by atoms with E-state index in [1.54, 1.807) is 75.8 Å². The molecule has 0 bridgehead atoms. The van der Waals surface area contributed by atoms with Crippen LogP contribution in [0.4, 0.5) is 0 Å². The number of rotatable bonds is 20. The normalized spacial score (nSPS) is 12.4. The van der Waals surface area contributed by atoms with Crippen molar-refractivity contribution in [3.05, 3.63) is 217 Å². The maximum atomic E-state index is 13.0. The second kappa shape index (κ2) is 30.3. The Morgan fingerprint density at radius 1 is 0.494 bits per heavy atom. The predicted octanol–water partition coefficient (Wildman–Crippen LogP) is 12.9. The summed E-state index contributed by atoms with van der Waals surface area (Å²) >= 11 is 21.2. The fourth-order valence-electron chi connectivity index (χ4n) is 9.15. The molecule has 9 rings (SSSR count). The van der Waals surface area contributed by atoms with Crippen molar-refractivity contribution in [1.82, 2.24) is 60.2 Å². The molecule has 0 radical (unpaired) electrons. The van der Waals surface area contributed by atoms with Crippen molar-refractivity contribution in [3.63, 3.8) is 0 Å². The molecule has 456 valence electrons. The summed E-state index contributed by atoms with van der Waals surface area (Å²) in [5.41, 5.74) is 8.32. The third kappa shape index (κ3) is 17.8. The molecule has 3 atom stereocenters. The molecule has 26 heteroatoms. The highest BCUT2D eigenvalue weighted by Crippen LogP contribution is 2.27.